The lowest BCUT2D eigenvalue weighted by molar-refractivity contribution is 0.256. The number of nitrogens with one attached hydrogen (secondary N) is 2. The van der Waals surface area contributed by atoms with Crippen LogP contribution in [0.15, 0.2) is 47.4 Å². The summed E-state index contributed by atoms with van der Waals surface area (Å²) in [6.07, 6.45) is 0. The molecule has 0 aliphatic carbocycles. The summed E-state index contributed by atoms with van der Waals surface area (Å²) >= 11 is 0. The first-order valence-corrected chi connectivity index (χ1v) is 7.62. The van der Waals surface area contributed by atoms with Gasteiger partial charge in [-0.3, -0.25) is 0 Å². The highest BCUT2D eigenvalue weighted by atomic mass is 32.2. The predicted octanol–water partition coefficient (Wildman–Crippen LogP) is 2.78. The Morgan fingerprint density at radius 1 is 1.05 bits per heavy atom. The van der Waals surface area contributed by atoms with E-state index in [2.05, 4.69) is 0 Å². The summed E-state index contributed by atoms with van der Waals surface area (Å²) in [4.78, 5) is 11.5. The highest BCUT2D eigenvalue weighted by Gasteiger charge is 2.18. The molecule has 0 bridgehead atoms. The van der Waals surface area contributed by atoms with Crippen molar-refractivity contribution in [2.75, 3.05) is 5.32 Å². The average Bonchev–Trinajstić information content (AvgIpc) is 2.42. The van der Waals surface area contributed by atoms with Gasteiger partial charge in [0.1, 0.15) is 11.6 Å². The summed E-state index contributed by atoms with van der Waals surface area (Å²) in [6, 6.07) is 7.04. The van der Waals surface area contributed by atoms with Gasteiger partial charge in [-0.1, -0.05) is 17.7 Å². The van der Waals surface area contributed by atoms with E-state index >= 15 is 0 Å². The van der Waals surface area contributed by atoms with E-state index in [4.69, 9.17) is 0 Å². The Kier molecular flexibility index (Phi) is 4.41. The Bertz CT molecular complexity index is 805. The summed E-state index contributed by atoms with van der Waals surface area (Å²) in [5.74, 6) is -1.65. The molecule has 0 aromatic heterocycles. The van der Waals surface area contributed by atoms with Crippen LogP contribution >= 0.6 is 0 Å². The maximum absolute atomic E-state index is 13.4. The van der Waals surface area contributed by atoms with Gasteiger partial charge in [0.15, 0.2) is 0 Å². The number of halogens is 2. The van der Waals surface area contributed by atoms with Gasteiger partial charge < -0.3 is 5.32 Å². The molecule has 0 unspecified atom stereocenters. The number of hydrogen-bond donors (Lipinski definition) is 2. The van der Waals surface area contributed by atoms with Gasteiger partial charge in [-0.15, -0.1) is 0 Å². The topological polar surface area (TPSA) is 75.3 Å². The van der Waals surface area contributed by atoms with Crippen LogP contribution in [0.4, 0.5) is 19.3 Å². The minimum Gasteiger partial charge on any atom is -0.304 e. The zero-order valence-corrected chi connectivity index (χ0v) is 12.2. The molecular formula is C14H12F2N2O3S. The number of carbonyl (C=O) groups is 1. The van der Waals surface area contributed by atoms with E-state index in [1.165, 1.54) is 12.1 Å². The molecule has 0 spiro atoms. The first kappa shape index (κ1) is 15.9. The average molecular weight is 326 g/mol. The molecule has 0 atom stereocenters. The molecule has 0 saturated heterocycles. The fourth-order valence-corrected chi connectivity index (χ4v) is 2.55. The standard InChI is InChI=1S/C14H12F2N2O3S/c1-9-2-5-11(6-3-9)22(20,21)18-14(19)17-13-8-10(15)4-7-12(13)16/h2-8H,1H3,(H2,17,18,19). The second kappa shape index (κ2) is 6.10. The van der Waals surface area contributed by atoms with Crippen molar-refractivity contribution in [2.45, 2.75) is 11.8 Å². The smallest absolute Gasteiger partial charge is 0.304 e. The van der Waals surface area contributed by atoms with E-state index < -0.39 is 33.4 Å². The zero-order valence-electron chi connectivity index (χ0n) is 11.4. The lowest BCUT2D eigenvalue weighted by atomic mass is 10.2. The molecule has 0 radical (unpaired) electrons. The van der Waals surface area contributed by atoms with Crippen LogP contribution in [-0.4, -0.2) is 14.4 Å². The molecule has 2 N–H and O–H groups in total. The Morgan fingerprint density at radius 2 is 1.68 bits per heavy atom. The van der Waals surface area contributed by atoms with Crippen LogP contribution in [-0.2, 0) is 10.0 Å². The summed E-state index contributed by atoms with van der Waals surface area (Å²) < 4.78 is 52.0. The summed E-state index contributed by atoms with van der Waals surface area (Å²) in [5.41, 5.74) is 0.391. The van der Waals surface area contributed by atoms with Crippen LogP contribution < -0.4 is 10.0 Å². The van der Waals surface area contributed by atoms with Crippen molar-refractivity contribution in [3.8, 4) is 0 Å². The number of anilines is 1. The number of benzene rings is 2. The number of urea groups is 1. The second-order valence-corrected chi connectivity index (χ2v) is 6.18. The minimum absolute atomic E-state index is 0.118. The zero-order chi connectivity index (χ0) is 16.3. The van der Waals surface area contributed by atoms with Crippen LogP contribution in [0, 0.1) is 18.6 Å². The third kappa shape index (κ3) is 3.79. The molecule has 22 heavy (non-hydrogen) atoms. The molecule has 5 nitrogen and oxygen atoms in total. The van der Waals surface area contributed by atoms with E-state index in [-0.39, 0.29) is 4.90 Å². The molecule has 0 heterocycles. The molecular weight excluding hydrogens is 314 g/mol. The van der Waals surface area contributed by atoms with Gasteiger partial charge in [-0.05, 0) is 31.2 Å². The van der Waals surface area contributed by atoms with Crippen LogP contribution in [0.1, 0.15) is 5.56 Å². The van der Waals surface area contributed by atoms with Gasteiger partial charge in [0, 0.05) is 6.07 Å². The third-order valence-electron chi connectivity index (χ3n) is 2.73. The van der Waals surface area contributed by atoms with Crippen LogP contribution in [0.2, 0.25) is 0 Å². The molecule has 2 aromatic carbocycles. The number of carbonyl (C=O) groups excluding carboxylic acids is 1. The van der Waals surface area contributed by atoms with Crippen molar-refractivity contribution >= 4 is 21.7 Å². The molecule has 2 aromatic rings. The molecule has 0 fully saturated rings. The predicted molar refractivity (Wildman–Crippen MR) is 76.9 cm³/mol. The molecule has 0 aliphatic heterocycles. The Hall–Kier alpha value is -2.48. The van der Waals surface area contributed by atoms with Gasteiger partial charge in [0.05, 0.1) is 10.6 Å². The lowest BCUT2D eigenvalue weighted by Crippen LogP contribution is -2.34. The first-order valence-electron chi connectivity index (χ1n) is 6.13. The number of amides is 2. The van der Waals surface area contributed by atoms with Crippen molar-refractivity contribution in [3.05, 3.63) is 59.7 Å². The van der Waals surface area contributed by atoms with Crippen LogP contribution in [0.5, 0.6) is 0 Å². The molecule has 2 rings (SSSR count). The second-order valence-electron chi connectivity index (χ2n) is 4.50. The van der Waals surface area contributed by atoms with Gasteiger partial charge in [0.25, 0.3) is 10.0 Å². The Balaban J connectivity index is 2.14. The van der Waals surface area contributed by atoms with E-state index in [0.717, 1.165) is 23.8 Å². The highest BCUT2D eigenvalue weighted by Crippen LogP contribution is 2.15. The molecule has 116 valence electrons. The highest BCUT2D eigenvalue weighted by molar-refractivity contribution is 7.90. The number of aryl methyl sites for hydroxylation is 1. The maximum Gasteiger partial charge on any atom is 0.333 e. The Morgan fingerprint density at radius 3 is 2.32 bits per heavy atom. The van der Waals surface area contributed by atoms with Gasteiger partial charge in [-0.25, -0.2) is 26.7 Å². The van der Waals surface area contributed by atoms with Crippen LogP contribution in [0.25, 0.3) is 0 Å². The number of sulfonamides is 1. The normalized spacial score (nSPS) is 11.0. The van der Waals surface area contributed by atoms with Gasteiger partial charge in [0.2, 0.25) is 0 Å². The number of rotatable bonds is 3. The summed E-state index contributed by atoms with van der Waals surface area (Å²) in [7, 11) is -4.10. The van der Waals surface area contributed by atoms with Crippen molar-refractivity contribution < 1.29 is 22.0 Å². The van der Waals surface area contributed by atoms with Crippen molar-refractivity contribution in [1.82, 2.24) is 4.72 Å². The fourth-order valence-electron chi connectivity index (χ4n) is 1.64. The van der Waals surface area contributed by atoms with Crippen molar-refractivity contribution in [1.29, 1.82) is 0 Å². The molecule has 0 saturated carbocycles. The van der Waals surface area contributed by atoms with E-state index in [1.54, 1.807) is 23.8 Å². The van der Waals surface area contributed by atoms with Crippen molar-refractivity contribution in [2.24, 2.45) is 0 Å². The van der Waals surface area contributed by atoms with Crippen molar-refractivity contribution in [3.63, 3.8) is 0 Å². The molecule has 8 heteroatoms. The van der Waals surface area contributed by atoms with Gasteiger partial charge >= 0.3 is 6.03 Å². The lowest BCUT2D eigenvalue weighted by Gasteiger charge is -2.09. The maximum atomic E-state index is 13.4. The van der Waals surface area contributed by atoms with E-state index in [9.17, 15) is 22.0 Å². The Labute approximate surface area is 126 Å². The third-order valence-corrected chi connectivity index (χ3v) is 4.08. The first-order chi connectivity index (χ1) is 10.3. The molecule has 2 amide bonds. The SMILES string of the molecule is Cc1ccc(S(=O)(=O)NC(=O)Nc2cc(F)ccc2F)cc1. The summed E-state index contributed by atoms with van der Waals surface area (Å²) in [5, 5.41) is 1.94. The fraction of sp³-hybridized carbons (Fsp3) is 0.0714. The van der Waals surface area contributed by atoms with Gasteiger partial charge in [-0.2, -0.15) is 0 Å². The number of hydrogen-bond acceptors (Lipinski definition) is 3. The molecule has 0 aliphatic rings. The van der Waals surface area contributed by atoms with E-state index in [1.807, 2.05) is 5.32 Å². The van der Waals surface area contributed by atoms with E-state index in [0.29, 0.717) is 0 Å². The monoisotopic (exact) mass is 326 g/mol. The quantitative estimate of drug-likeness (QED) is 0.911. The largest absolute Gasteiger partial charge is 0.333 e. The van der Waals surface area contributed by atoms with Crippen LogP contribution in [0.3, 0.4) is 0 Å². The minimum atomic E-state index is -4.10. The summed E-state index contributed by atoms with van der Waals surface area (Å²) in [6.45, 7) is 1.78.